The van der Waals surface area contributed by atoms with Crippen LogP contribution in [0, 0.1) is 5.92 Å². The van der Waals surface area contributed by atoms with E-state index in [1.807, 2.05) is 4.90 Å². The largest absolute Gasteiger partial charge is 0.416 e. The molecule has 0 aromatic carbocycles. The van der Waals surface area contributed by atoms with E-state index in [-0.39, 0.29) is 18.3 Å². The first-order chi connectivity index (χ1) is 10.9. The van der Waals surface area contributed by atoms with Gasteiger partial charge in [0.1, 0.15) is 5.82 Å². The van der Waals surface area contributed by atoms with Crippen LogP contribution in [-0.4, -0.2) is 42.0 Å². The Kier molecular flexibility index (Phi) is 4.46. The lowest BCUT2D eigenvalue weighted by atomic mass is 10.1. The molecule has 0 radical (unpaired) electrons. The van der Waals surface area contributed by atoms with E-state index in [9.17, 15) is 18.0 Å². The molecule has 1 saturated carbocycles. The molecule has 126 valence electrons. The number of carbonyl (C=O) groups is 1. The highest BCUT2D eigenvalue weighted by atomic mass is 19.4. The summed E-state index contributed by atoms with van der Waals surface area (Å²) in [5, 5.41) is 0. The Hall–Kier alpha value is -1.79. The third-order valence-corrected chi connectivity index (χ3v) is 4.67. The van der Waals surface area contributed by atoms with E-state index >= 15 is 0 Å². The molecule has 1 aromatic heterocycles. The van der Waals surface area contributed by atoms with Crippen LogP contribution in [0.4, 0.5) is 19.0 Å². The van der Waals surface area contributed by atoms with Crippen LogP contribution in [-0.2, 0) is 11.0 Å². The standard InChI is InChI=1S/C16H20F3N3O/c17-16(18,19)13-5-6-20-14(9-13)21-7-8-22(15(23)11-21)10-12-3-1-2-4-12/h5-6,9,12H,1-4,7-8,10-11H2. The zero-order chi connectivity index (χ0) is 16.4. The van der Waals surface area contributed by atoms with E-state index in [1.54, 1.807) is 4.90 Å². The predicted octanol–water partition coefficient (Wildman–Crippen LogP) is 2.94. The minimum atomic E-state index is -4.40. The lowest BCUT2D eigenvalue weighted by Crippen LogP contribution is -2.51. The highest BCUT2D eigenvalue weighted by Gasteiger charge is 2.32. The van der Waals surface area contributed by atoms with Crippen molar-refractivity contribution in [3.05, 3.63) is 23.9 Å². The molecular formula is C16H20F3N3O. The number of nitrogens with zero attached hydrogens (tertiary/aromatic N) is 3. The van der Waals surface area contributed by atoms with Gasteiger partial charge < -0.3 is 9.80 Å². The van der Waals surface area contributed by atoms with Gasteiger partial charge in [0.25, 0.3) is 0 Å². The van der Waals surface area contributed by atoms with Crippen molar-refractivity contribution in [2.75, 3.05) is 31.1 Å². The minimum Gasteiger partial charge on any atom is -0.346 e. The van der Waals surface area contributed by atoms with Gasteiger partial charge in [-0.1, -0.05) is 12.8 Å². The van der Waals surface area contributed by atoms with Crippen molar-refractivity contribution < 1.29 is 18.0 Å². The second-order valence-corrected chi connectivity index (χ2v) is 6.31. The maximum Gasteiger partial charge on any atom is 0.416 e. The number of piperazine rings is 1. The third kappa shape index (κ3) is 3.76. The van der Waals surface area contributed by atoms with E-state index < -0.39 is 11.7 Å². The molecule has 0 unspecified atom stereocenters. The Morgan fingerprint density at radius 2 is 1.96 bits per heavy atom. The maximum absolute atomic E-state index is 12.8. The Balaban J connectivity index is 1.64. The second kappa shape index (κ2) is 6.37. The Morgan fingerprint density at radius 3 is 2.61 bits per heavy atom. The minimum absolute atomic E-state index is 0.0256. The SMILES string of the molecule is O=C1CN(c2cc(C(F)(F)F)ccn2)CCN1CC1CCCC1. The number of rotatable bonds is 3. The van der Waals surface area contributed by atoms with Gasteiger partial charge in [-0.3, -0.25) is 4.79 Å². The van der Waals surface area contributed by atoms with Gasteiger partial charge in [0.05, 0.1) is 12.1 Å². The molecule has 2 heterocycles. The molecule has 1 aliphatic carbocycles. The average molecular weight is 327 g/mol. The van der Waals surface area contributed by atoms with Gasteiger partial charge in [0, 0.05) is 25.8 Å². The average Bonchev–Trinajstić information content (AvgIpc) is 3.02. The lowest BCUT2D eigenvalue weighted by Gasteiger charge is -2.36. The van der Waals surface area contributed by atoms with Gasteiger partial charge in [-0.05, 0) is 30.9 Å². The number of anilines is 1. The molecule has 7 heteroatoms. The summed E-state index contributed by atoms with van der Waals surface area (Å²) in [6, 6.07) is 1.96. The van der Waals surface area contributed by atoms with E-state index in [0.29, 0.717) is 19.0 Å². The van der Waals surface area contributed by atoms with Crippen LogP contribution in [0.15, 0.2) is 18.3 Å². The zero-order valence-corrected chi connectivity index (χ0v) is 12.9. The van der Waals surface area contributed by atoms with Gasteiger partial charge >= 0.3 is 6.18 Å². The number of hydrogen-bond donors (Lipinski definition) is 0. The Labute approximate surface area is 133 Å². The molecule has 0 spiro atoms. The van der Waals surface area contributed by atoms with Crippen molar-refractivity contribution in [1.82, 2.24) is 9.88 Å². The smallest absolute Gasteiger partial charge is 0.346 e. The molecule has 4 nitrogen and oxygen atoms in total. The first-order valence-corrected chi connectivity index (χ1v) is 7.99. The van der Waals surface area contributed by atoms with Crippen molar-refractivity contribution in [2.24, 2.45) is 5.92 Å². The van der Waals surface area contributed by atoms with Gasteiger partial charge in [0.2, 0.25) is 5.91 Å². The third-order valence-electron chi connectivity index (χ3n) is 4.67. The molecular weight excluding hydrogens is 307 g/mol. The molecule has 0 atom stereocenters. The van der Waals surface area contributed by atoms with Gasteiger partial charge in [-0.15, -0.1) is 0 Å². The Morgan fingerprint density at radius 1 is 1.22 bits per heavy atom. The van der Waals surface area contributed by atoms with Crippen LogP contribution < -0.4 is 4.90 Å². The lowest BCUT2D eigenvalue weighted by molar-refractivity contribution is -0.137. The number of alkyl halides is 3. The normalized spacial score (nSPS) is 20.4. The van der Waals surface area contributed by atoms with Crippen molar-refractivity contribution in [1.29, 1.82) is 0 Å². The van der Waals surface area contributed by atoms with Gasteiger partial charge in [0.15, 0.2) is 0 Å². The monoisotopic (exact) mass is 327 g/mol. The molecule has 23 heavy (non-hydrogen) atoms. The van der Waals surface area contributed by atoms with E-state index in [0.717, 1.165) is 24.9 Å². The molecule has 0 bridgehead atoms. The molecule has 1 aromatic rings. The first-order valence-electron chi connectivity index (χ1n) is 7.99. The number of amides is 1. The molecule has 1 amide bonds. The maximum atomic E-state index is 12.8. The fraction of sp³-hybridized carbons (Fsp3) is 0.625. The number of aromatic nitrogens is 1. The summed E-state index contributed by atoms with van der Waals surface area (Å²) in [6.45, 7) is 1.95. The van der Waals surface area contributed by atoms with Crippen LogP contribution in [0.2, 0.25) is 0 Å². The molecule has 3 rings (SSSR count). The van der Waals surface area contributed by atoms with Crippen LogP contribution in [0.5, 0.6) is 0 Å². The summed E-state index contributed by atoms with van der Waals surface area (Å²) in [5.41, 5.74) is -0.733. The molecule has 2 aliphatic rings. The fourth-order valence-electron chi connectivity index (χ4n) is 3.37. The Bertz CT molecular complexity index is 570. The predicted molar refractivity (Wildman–Crippen MR) is 80.0 cm³/mol. The summed E-state index contributed by atoms with van der Waals surface area (Å²) >= 11 is 0. The van der Waals surface area contributed by atoms with E-state index in [1.165, 1.54) is 25.7 Å². The molecule has 0 N–H and O–H groups in total. The molecule has 1 saturated heterocycles. The van der Waals surface area contributed by atoms with Gasteiger partial charge in [-0.25, -0.2) is 4.98 Å². The van der Waals surface area contributed by atoms with Crippen LogP contribution >= 0.6 is 0 Å². The quantitative estimate of drug-likeness (QED) is 0.856. The molecule has 2 fully saturated rings. The second-order valence-electron chi connectivity index (χ2n) is 6.31. The topological polar surface area (TPSA) is 36.4 Å². The van der Waals surface area contributed by atoms with Crippen LogP contribution in [0.25, 0.3) is 0 Å². The van der Waals surface area contributed by atoms with E-state index in [4.69, 9.17) is 0 Å². The summed E-state index contributed by atoms with van der Waals surface area (Å²) in [4.78, 5) is 19.8. The van der Waals surface area contributed by atoms with E-state index in [2.05, 4.69) is 4.98 Å². The number of halogens is 3. The zero-order valence-electron chi connectivity index (χ0n) is 12.9. The highest BCUT2D eigenvalue weighted by molar-refractivity contribution is 5.82. The fourth-order valence-corrected chi connectivity index (χ4v) is 3.37. The first kappa shape index (κ1) is 16.1. The molecule has 1 aliphatic heterocycles. The number of hydrogen-bond acceptors (Lipinski definition) is 3. The number of carbonyl (C=O) groups excluding carboxylic acids is 1. The van der Waals surface area contributed by atoms with Crippen molar-refractivity contribution in [2.45, 2.75) is 31.9 Å². The van der Waals surface area contributed by atoms with Crippen LogP contribution in [0.1, 0.15) is 31.2 Å². The van der Waals surface area contributed by atoms with Crippen molar-refractivity contribution in [3.63, 3.8) is 0 Å². The van der Waals surface area contributed by atoms with Crippen LogP contribution in [0.3, 0.4) is 0 Å². The van der Waals surface area contributed by atoms with Crippen molar-refractivity contribution in [3.8, 4) is 0 Å². The summed E-state index contributed by atoms with van der Waals surface area (Å²) < 4.78 is 38.3. The summed E-state index contributed by atoms with van der Waals surface area (Å²) in [7, 11) is 0. The summed E-state index contributed by atoms with van der Waals surface area (Å²) in [5.74, 6) is 0.772. The highest BCUT2D eigenvalue weighted by Crippen LogP contribution is 2.31. The number of pyridine rings is 1. The van der Waals surface area contributed by atoms with Gasteiger partial charge in [-0.2, -0.15) is 13.2 Å². The van der Waals surface area contributed by atoms with Crippen molar-refractivity contribution >= 4 is 11.7 Å². The summed E-state index contributed by atoms with van der Waals surface area (Å²) in [6.07, 6.45) is 1.55.